The molecule has 2 unspecified atom stereocenters. The van der Waals surface area contributed by atoms with Crippen molar-refractivity contribution >= 4 is 29.5 Å². The van der Waals surface area contributed by atoms with Gasteiger partial charge in [-0.25, -0.2) is 4.98 Å². The molecule has 0 aliphatic carbocycles. The number of aromatic nitrogens is 1. The fraction of sp³-hybridized carbons (Fsp3) is 0.345. The number of amides is 1. The van der Waals surface area contributed by atoms with Gasteiger partial charge in [0.1, 0.15) is 5.76 Å². The summed E-state index contributed by atoms with van der Waals surface area (Å²) < 4.78 is 5.97. The quantitative estimate of drug-likeness (QED) is 0.485. The van der Waals surface area contributed by atoms with Crippen molar-refractivity contribution in [3.05, 3.63) is 83.3 Å². The number of aryl methyl sites for hydroxylation is 1. The molecule has 8 heteroatoms. The number of rotatable bonds is 7. The zero-order valence-electron chi connectivity index (χ0n) is 21.6. The van der Waals surface area contributed by atoms with Gasteiger partial charge in [0.2, 0.25) is 0 Å². The van der Waals surface area contributed by atoms with Gasteiger partial charge in [-0.15, -0.1) is 0 Å². The van der Waals surface area contributed by atoms with E-state index in [1.807, 2.05) is 61.7 Å². The maximum Gasteiger partial charge on any atom is 0.299 e. The number of nitrogens with zero attached hydrogens (tertiary/aromatic N) is 4. The molecule has 0 spiro atoms. The lowest BCUT2D eigenvalue weighted by Crippen LogP contribution is -2.43. The molecular formula is C29H34N6O2. The number of oxazole rings is 1. The molecule has 8 nitrogen and oxygen atoms in total. The van der Waals surface area contributed by atoms with E-state index >= 15 is 0 Å². The number of aliphatic imine (C=N–C) groups is 1. The van der Waals surface area contributed by atoms with Crippen LogP contribution in [0.15, 0.2) is 70.2 Å². The fourth-order valence-corrected chi connectivity index (χ4v) is 4.62. The molecule has 2 aliphatic rings. The van der Waals surface area contributed by atoms with Gasteiger partial charge in [0.05, 0.1) is 18.2 Å². The predicted molar refractivity (Wildman–Crippen MR) is 148 cm³/mol. The Balaban J connectivity index is 1.21. The van der Waals surface area contributed by atoms with Crippen LogP contribution in [0.1, 0.15) is 40.1 Å². The molecule has 0 bridgehead atoms. The Hall–Kier alpha value is -3.75. The maximum atomic E-state index is 12.9. The molecule has 2 aromatic carbocycles. The Bertz CT molecular complexity index is 1290. The lowest BCUT2D eigenvalue weighted by Gasteiger charge is -2.32. The van der Waals surface area contributed by atoms with E-state index in [-0.39, 0.29) is 17.9 Å². The molecule has 1 amide bonds. The first-order chi connectivity index (χ1) is 17.9. The zero-order valence-corrected chi connectivity index (χ0v) is 21.6. The number of benzene rings is 2. The average molecular weight is 499 g/mol. The molecule has 2 aliphatic heterocycles. The highest BCUT2D eigenvalue weighted by atomic mass is 16.4. The monoisotopic (exact) mass is 498 g/mol. The van der Waals surface area contributed by atoms with E-state index in [2.05, 4.69) is 50.5 Å². The summed E-state index contributed by atoms with van der Waals surface area (Å²) in [5.74, 6) is 0.687. The van der Waals surface area contributed by atoms with Crippen LogP contribution in [0.4, 0.5) is 17.4 Å². The van der Waals surface area contributed by atoms with Crippen LogP contribution in [0.3, 0.4) is 0 Å². The van der Waals surface area contributed by atoms with Crippen LogP contribution in [0.25, 0.3) is 0 Å². The zero-order chi connectivity index (χ0) is 25.8. The van der Waals surface area contributed by atoms with Gasteiger partial charge in [0.15, 0.2) is 0 Å². The van der Waals surface area contributed by atoms with Crippen LogP contribution in [-0.4, -0.2) is 66.2 Å². The summed E-state index contributed by atoms with van der Waals surface area (Å²) in [7, 11) is 2.16. The molecule has 0 saturated carbocycles. The Morgan fingerprint density at radius 2 is 1.89 bits per heavy atom. The van der Waals surface area contributed by atoms with E-state index in [0.717, 1.165) is 49.7 Å². The van der Waals surface area contributed by atoms with E-state index in [1.54, 1.807) is 6.20 Å². The average Bonchev–Trinajstić information content (AvgIpc) is 3.36. The van der Waals surface area contributed by atoms with E-state index < -0.39 is 0 Å². The summed E-state index contributed by atoms with van der Waals surface area (Å²) in [6.07, 6.45) is 7.55. The van der Waals surface area contributed by atoms with Gasteiger partial charge in [0, 0.05) is 55.9 Å². The van der Waals surface area contributed by atoms with Gasteiger partial charge < -0.3 is 20.0 Å². The maximum absolute atomic E-state index is 12.9. The first-order valence-corrected chi connectivity index (χ1v) is 12.8. The molecule has 2 N–H and O–H groups in total. The third-order valence-corrected chi connectivity index (χ3v) is 7.05. The number of allylic oxidation sites excluding steroid dienone is 1. The molecule has 3 heterocycles. The van der Waals surface area contributed by atoms with Gasteiger partial charge in [0.25, 0.3) is 11.9 Å². The first-order valence-electron chi connectivity index (χ1n) is 12.8. The number of anilines is 3. The van der Waals surface area contributed by atoms with Crippen molar-refractivity contribution in [1.29, 1.82) is 0 Å². The van der Waals surface area contributed by atoms with Crippen molar-refractivity contribution in [2.24, 2.45) is 4.99 Å². The highest BCUT2D eigenvalue weighted by Crippen LogP contribution is 2.30. The van der Waals surface area contributed by atoms with Crippen molar-refractivity contribution in [2.45, 2.75) is 32.4 Å². The third-order valence-electron chi connectivity index (χ3n) is 7.05. The van der Waals surface area contributed by atoms with Crippen LogP contribution in [0, 0.1) is 6.92 Å². The molecule has 5 rings (SSSR count). The van der Waals surface area contributed by atoms with E-state index in [1.165, 1.54) is 5.56 Å². The number of carbonyl (C=O) groups excluding carboxylic acids is 1. The van der Waals surface area contributed by atoms with Crippen LogP contribution < -0.4 is 10.6 Å². The lowest BCUT2D eigenvalue weighted by atomic mass is 9.97. The van der Waals surface area contributed by atoms with Crippen molar-refractivity contribution in [3.8, 4) is 0 Å². The van der Waals surface area contributed by atoms with Crippen molar-refractivity contribution < 1.29 is 9.21 Å². The smallest absolute Gasteiger partial charge is 0.299 e. The predicted octanol–water partition coefficient (Wildman–Crippen LogP) is 4.84. The number of hydrogen-bond acceptors (Lipinski definition) is 7. The molecule has 1 fully saturated rings. The van der Waals surface area contributed by atoms with Gasteiger partial charge in [-0.1, -0.05) is 24.3 Å². The molecule has 2 atom stereocenters. The fourth-order valence-electron chi connectivity index (χ4n) is 4.62. The summed E-state index contributed by atoms with van der Waals surface area (Å²) in [6, 6.07) is 14.1. The summed E-state index contributed by atoms with van der Waals surface area (Å²) in [6.45, 7) is 9.29. The number of carbonyl (C=O) groups is 1. The number of piperazine rings is 1. The second kappa shape index (κ2) is 11.1. The minimum absolute atomic E-state index is 0.0627. The highest BCUT2D eigenvalue weighted by Gasteiger charge is 2.22. The molecule has 37 heavy (non-hydrogen) atoms. The van der Waals surface area contributed by atoms with E-state index in [4.69, 9.17) is 4.42 Å². The van der Waals surface area contributed by atoms with Crippen molar-refractivity contribution in [2.75, 3.05) is 43.9 Å². The third kappa shape index (κ3) is 6.15. The van der Waals surface area contributed by atoms with Gasteiger partial charge in [-0.05, 0) is 62.4 Å². The largest absolute Gasteiger partial charge is 0.428 e. The lowest BCUT2D eigenvalue weighted by molar-refractivity contribution is 0.102. The van der Waals surface area contributed by atoms with Gasteiger partial charge in [-0.2, -0.15) is 0 Å². The first kappa shape index (κ1) is 24.9. The Labute approximate surface area is 218 Å². The molecule has 0 radical (unpaired) electrons. The Morgan fingerprint density at radius 1 is 1.11 bits per heavy atom. The summed E-state index contributed by atoms with van der Waals surface area (Å²) in [4.78, 5) is 26.5. The molecular weight excluding hydrogens is 464 g/mol. The minimum Gasteiger partial charge on any atom is -0.428 e. The van der Waals surface area contributed by atoms with Crippen LogP contribution in [-0.2, 0) is 6.54 Å². The molecule has 1 saturated heterocycles. The highest BCUT2D eigenvalue weighted by molar-refractivity contribution is 6.04. The van der Waals surface area contributed by atoms with Gasteiger partial charge >= 0.3 is 0 Å². The SMILES string of the molecule is Cc1ccc(NC(=O)c2ccc(CN3CCN(C)CC3)cc2)cc1Nc1ncc(C2C=CC=NC2C)o1. The van der Waals surface area contributed by atoms with E-state index in [0.29, 0.717) is 17.3 Å². The number of nitrogens with one attached hydrogen (secondary N) is 2. The molecule has 1 aromatic heterocycles. The minimum atomic E-state index is -0.141. The van der Waals surface area contributed by atoms with Crippen LogP contribution >= 0.6 is 0 Å². The molecule has 3 aromatic rings. The Kier molecular flexibility index (Phi) is 7.48. The number of hydrogen-bond donors (Lipinski definition) is 2. The summed E-state index contributed by atoms with van der Waals surface area (Å²) in [5.41, 5.74) is 4.38. The van der Waals surface area contributed by atoms with E-state index in [9.17, 15) is 4.79 Å². The normalized spacial score (nSPS) is 20.2. The second-order valence-corrected chi connectivity index (χ2v) is 9.90. The number of dihydropyridines is 1. The van der Waals surface area contributed by atoms with Crippen molar-refractivity contribution in [1.82, 2.24) is 14.8 Å². The van der Waals surface area contributed by atoms with Gasteiger partial charge in [-0.3, -0.25) is 14.7 Å². The summed E-state index contributed by atoms with van der Waals surface area (Å²) in [5, 5.41) is 6.26. The Morgan fingerprint density at radius 3 is 2.65 bits per heavy atom. The van der Waals surface area contributed by atoms with Crippen LogP contribution in [0.2, 0.25) is 0 Å². The van der Waals surface area contributed by atoms with Crippen LogP contribution in [0.5, 0.6) is 0 Å². The standard InChI is InChI=1S/C29H34N6O2/c1-20-6-11-24(17-26(20)33-29-31-18-27(37-29)25-5-4-12-30-21(25)2)32-28(36)23-9-7-22(8-10-23)19-35-15-13-34(3)14-16-35/h4-12,17-18,21,25H,13-16,19H2,1-3H3,(H,31,33)(H,32,36). The number of likely N-dealkylation sites (N-methyl/N-ethyl adjacent to an activating group) is 1. The van der Waals surface area contributed by atoms with Crippen molar-refractivity contribution in [3.63, 3.8) is 0 Å². The molecule has 192 valence electrons. The second-order valence-electron chi connectivity index (χ2n) is 9.90. The summed E-state index contributed by atoms with van der Waals surface area (Å²) >= 11 is 0. The topological polar surface area (TPSA) is 86.0 Å².